The lowest BCUT2D eigenvalue weighted by atomic mass is 9.98. The van der Waals surface area contributed by atoms with Crippen LogP contribution in [0.1, 0.15) is 53.9 Å². The van der Waals surface area contributed by atoms with Crippen LogP contribution < -0.4 is 5.73 Å². The summed E-state index contributed by atoms with van der Waals surface area (Å²) >= 11 is 0. The zero-order valence-electron chi connectivity index (χ0n) is 15.1. The molecule has 22 heavy (non-hydrogen) atoms. The molecule has 2 aliphatic heterocycles. The van der Waals surface area contributed by atoms with Crippen LogP contribution in [0.2, 0.25) is 0 Å². The van der Waals surface area contributed by atoms with Gasteiger partial charge in [0.15, 0.2) is 0 Å². The van der Waals surface area contributed by atoms with Crippen molar-refractivity contribution in [3.8, 4) is 0 Å². The number of rotatable bonds is 2. The predicted molar refractivity (Wildman–Crippen MR) is 91.7 cm³/mol. The van der Waals surface area contributed by atoms with E-state index in [-0.39, 0.29) is 0 Å². The number of alkyl halides is 1. The molecule has 0 aromatic rings. The lowest BCUT2D eigenvalue weighted by Crippen LogP contribution is -2.44. The zero-order chi connectivity index (χ0) is 16.4. The van der Waals surface area contributed by atoms with Crippen LogP contribution in [0.4, 0.5) is 4.39 Å². The first-order valence-corrected chi connectivity index (χ1v) is 9.19. The summed E-state index contributed by atoms with van der Waals surface area (Å²) in [6, 6.07) is 2.38. The fourth-order valence-electron chi connectivity index (χ4n) is 4.42. The minimum Gasteiger partial charge on any atom is -0.326 e. The van der Waals surface area contributed by atoms with E-state index < -0.39 is 6.17 Å². The van der Waals surface area contributed by atoms with Crippen molar-refractivity contribution in [2.24, 2.45) is 17.6 Å². The molecule has 1 saturated carbocycles. The summed E-state index contributed by atoms with van der Waals surface area (Å²) in [6.45, 7) is 13.9. The average Bonchev–Trinajstić information content (AvgIpc) is 2.94. The van der Waals surface area contributed by atoms with Gasteiger partial charge in [0.25, 0.3) is 0 Å². The molecule has 0 aromatic carbocycles. The van der Waals surface area contributed by atoms with Gasteiger partial charge in [-0.05, 0) is 58.8 Å². The van der Waals surface area contributed by atoms with E-state index >= 15 is 0 Å². The van der Waals surface area contributed by atoms with Gasteiger partial charge in [0, 0.05) is 43.8 Å². The van der Waals surface area contributed by atoms with Crippen molar-refractivity contribution in [1.29, 1.82) is 0 Å². The van der Waals surface area contributed by atoms with Crippen LogP contribution >= 0.6 is 0 Å². The number of fused-ring (bicyclic) bond motifs is 2. The molecule has 2 bridgehead atoms. The molecule has 0 spiro atoms. The number of likely N-dealkylation sites (tertiary alicyclic amines) is 2. The third-order valence-corrected chi connectivity index (χ3v) is 5.72. The maximum absolute atomic E-state index is 13.0. The first kappa shape index (κ1) is 18.2. The van der Waals surface area contributed by atoms with E-state index in [2.05, 4.69) is 44.4 Å². The van der Waals surface area contributed by atoms with Gasteiger partial charge in [0.1, 0.15) is 6.17 Å². The minimum atomic E-state index is -0.596. The first-order valence-electron chi connectivity index (χ1n) is 9.19. The molecule has 4 heteroatoms. The largest absolute Gasteiger partial charge is 0.326 e. The van der Waals surface area contributed by atoms with E-state index in [1.807, 2.05) is 0 Å². The van der Waals surface area contributed by atoms with Crippen molar-refractivity contribution in [2.45, 2.75) is 84.2 Å². The Hall–Kier alpha value is -0.190. The molecule has 2 unspecified atom stereocenters. The highest BCUT2D eigenvalue weighted by atomic mass is 19.1. The summed E-state index contributed by atoms with van der Waals surface area (Å²) in [4.78, 5) is 4.79. The van der Waals surface area contributed by atoms with E-state index in [0.29, 0.717) is 36.6 Å². The van der Waals surface area contributed by atoms with Gasteiger partial charge in [-0.3, -0.25) is 9.80 Å². The standard InChI is InChI=1S/C9H18FN.C9H18N2/c1-7(2)11-5-8(3)4-9(10)6-11;1-6(2)11-5-7-3-4-8(11)9(7)10/h7-9H,4-6H2,1-3H3;6-9H,3-5,10H2,1-2H3/t8-,9-;7?,8?,9-/m11/s1. The lowest BCUT2D eigenvalue weighted by Gasteiger charge is -2.35. The van der Waals surface area contributed by atoms with Crippen LogP contribution in [0, 0.1) is 11.8 Å². The van der Waals surface area contributed by atoms with E-state index in [1.54, 1.807) is 0 Å². The molecule has 3 nitrogen and oxygen atoms in total. The van der Waals surface area contributed by atoms with Crippen molar-refractivity contribution in [3.63, 3.8) is 0 Å². The van der Waals surface area contributed by atoms with Crippen molar-refractivity contribution in [1.82, 2.24) is 9.80 Å². The molecule has 1 aliphatic carbocycles. The molecule has 130 valence electrons. The van der Waals surface area contributed by atoms with Gasteiger partial charge in [-0.2, -0.15) is 0 Å². The molecule has 3 rings (SSSR count). The molecule has 0 amide bonds. The van der Waals surface area contributed by atoms with E-state index in [4.69, 9.17) is 5.73 Å². The van der Waals surface area contributed by atoms with Crippen molar-refractivity contribution >= 4 is 0 Å². The third-order valence-electron chi connectivity index (χ3n) is 5.72. The fraction of sp³-hybridized carbons (Fsp3) is 1.00. The van der Waals surface area contributed by atoms with Gasteiger partial charge in [0.05, 0.1) is 0 Å². The van der Waals surface area contributed by atoms with E-state index in [9.17, 15) is 4.39 Å². The van der Waals surface area contributed by atoms with E-state index in [1.165, 1.54) is 19.4 Å². The Morgan fingerprint density at radius 1 is 1.00 bits per heavy atom. The molecule has 3 fully saturated rings. The molecule has 5 atom stereocenters. The van der Waals surface area contributed by atoms with Gasteiger partial charge in [-0.15, -0.1) is 0 Å². The highest BCUT2D eigenvalue weighted by Crippen LogP contribution is 2.37. The summed E-state index contributed by atoms with van der Waals surface area (Å²) < 4.78 is 13.0. The van der Waals surface area contributed by atoms with Crippen LogP contribution in [-0.2, 0) is 0 Å². The average molecular weight is 314 g/mol. The number of hydrogen-bond acceptors (Lipinski definition) is 3. The highest BCUT2D eigenvalue weighted by molar-refractivity contribution is 5.02. The van der Waals surface area contributed by atoms with Crippen LogP contribution in [0.5, 0.6) is 0 Å². The zero-order valence-corrected chi connectivity index (χ0v) is 15.1. The molecule has 2 saturated heterocycles. The second-order valence-electron chi connectivity index (χ2n) is 8.26. The fourth-order valence-corrected chi connectivity index (χ4v) is 4.42. The van der Waals surface area contributed by atoms with Gasteiger partial charge in [0.2, 0.25) is 0 Å². The second kappa shape index (κ2) is 7.59. The number of hydrogen-bond donors (Lipinski definition) is 1. The summed E-state index contributed by atoms with van der Waals surface area (Å²) in [5.74, 6) is 1.34. The van der Waals surface area contributed by atoms with Gasteiger partial charge >= 0.3 is 0 Å². The SMILES string of the molecule is CC(C)N1CC2CCC1[C@@H]2N.CC(C)N1C[C@H](C)C[C@@H](F)C1. The van der Waals surface area contributed by atoms with Crippen molar-refractivity contribution < 1.29 is 4.39 Å². The molecular weight excluding hydrogens is 277 g/mol. The molecule has 2 N–H and O–H groups in total. The lowest BCUT2D eigenvalue weighted by molar-refractivity contribution is 0.0798. The van der Waals surface area contributed by atoms with Crippen molar-refractivity contribution in [3.05, 3.63) is 0 Å². The van der Waals surface area contributed by atoms with Crippen LogP contribution in [0.25, 0.3) is 0 Å². The maximum Gasteiger partial charge on any atom is 0.113 e. The van der Waals surface area contributed by atoms with Gasteiger partial charge in [-0.1, -0.05) is 6.92 Å². The molecule has 0 aromatic heterocycles. The molecule has 3 aliphatic rings. The van der Waals surface area contributed by atoms with E-state index in [0.717, 1.165) is 18.9 Å². The smallest absolute Gasteiger partial charge is 0.113 e. The summed E-state index contributed by atoms with van der Waals surface area (Å²) in [5.41, 5.74) is 6.07. The number of halogens is 1. The Kier molecular flexibility index (Phi) is 6.26. The monoisotopic (exact) mass is 313 g/mol. The Balaban J connectivity index is 0.000000160. The molecular formula is C18H36FN3. The maximum atomic E-state index is 13.0. The summed E-state index contributed by atoms with van der Waals surface area (Å²) in [7, 11) is 0. The quantitative estimate of drug-likeness (QED) is 0.851. The highest BCUT2D eigenvalue weighted by Gasteiger charge is 2.45. The Morgan fingerprint density at radius 3 is 2.05 bits per heavy atom. The van der Waals surface area contributed by atoms with Gasteiger partial charge in [-0.25, -0.2) is 4.39 Å². The second-order valence-corrected chi connectivity index (χ2v) is 8.26. The Bertz CT molecular complexity index is 337. The first-order chi connectivity index (χ1) is 10.3. The number of nitrogens with zero attached hydrogens (tertiary/aromatic N) is 2. The van der Waals surface area contributed by atoms with Crippen LogP contribution in [0.3, 0.4) is 0 Å². The number of piperidine rings is 2. The molecule has 0 radical (unpaired) electrons. The topological polar surface area (TPSA) is 32.5 Å². The van der Waals surface area contributed by atoms with Crippen molar-refractivity contribution in [2.75, 3.05) is 19.6 Å². The summed E-state index contributed by atoms with van der Waals surface area (Å²) in [6.07, 6.45) is 2.86. The predicted octanol–water partition coefficient (Wildman–Crippen LogP) is 2.89. The van der Waals surface area contributed by atoms with Crippen LogP contribution in [0.15, 0.2) is 0 Å². The number of nitrogens with two attached hydrogens (primary N) is 1. The minimum absolute atomic E-state index is 0.484. The van der Waals surface area contributed by atoms with Crippen LogP contribution in [-0.4, -0.2) is 59.8 Å². The van der Waals surface area contributed by atoms with Gasteiger partial charge < -0.3 is 5.73 Å². The Morgan fingerprint density at radius 2 is 1.68 bits per heavy atom. The summed E-state index contributed by atoms with van der Waals surface area (Å²) in [5, 5.41) is 0. The third kappa shape index (κ3) is 4.21. The molecule has 2 heterocycles. The normalized spacial score (nSPS) is 39.4. The Labute approximate surface area is 136 Å².